The average Bonchev–Trinajstić information content (AvgIpc) is 2.91. The lowest BCUT2D eigenvalue weighted by Crippen LogP contribution is -2.11. The van der Waals surface area contributed by atoms with Crippen molar-refractivity contribution in [3.05, 3.63) is 76.6 Å². The number of nitrogens with zero attached hydrogens (tertiary/aromatic N) is 3. The summed E-state index contributed by atoms with van der Waals surface area (Å²) in [7, 11) is 0. The maximum Gasteiger partial charge on any atom is 0.211 e. The molecule has 0 aliphatic carbocycles. The number of hydrogen-bond donors (Lipinski definition) is 1. The fraction of sp³-hybridized carbons (Fsp3) is 0. The van der Waals surface area contributed by atoms with Crippen molar-refractivity contribution in [1.82, 2.24) is 9.55 Å². The van der Waals surface area contributed by atoms with Crippen LogP contribution in [0.3, 0.4) is 0 Å². The predicted molar refractivity (Wildman–Crippen MR) is 87.5 cm³/mol. The van der Waals surface area contributed by atoms with E-state index < -0.39 is 11.6 Å². The highest BCUT2D eigenvalue weighted by Gasteiger charge is 2.23. The Kier molecular flexibility index (Phi) is 4.02. The number of ketones is 1. The van der Waals surface area contributed by atoms with Gasteiger partial charge in [-0.05, 0) is 36.4 Å². The van der Waals surface area contributed by atoms with Crippen molar-refractivity contribution >= 4 is 23.1 Å². The van der Waals surface area contributed by atoms with Gasteiger partial charge in [0, 0.05) is 18.0 Å². The van der Waals surface area contributed by atoms with Crippen LogP contribution in [0.1, 0.15) is 21.6 Å². The van der Waals surface area contributed by atoms with Gasteiger partial charge < -0.3 is 10.3 Å². The minimum atomic E-state index is -0.456. The van der Waals surface area contributed by atoms with E-state index in [-0.39, 0.29) is 27.7 Å². The highest BCUT2D eigenvalue weighted by molar-refractivity contribution is 6.31. The number of halogens is 2. The topological polar surface area (TPSA) is 84.7 Å². The van der Waals surface area contributed by atoms with Gasteiger partial charge in [0.2, 0.25) is 5.78 Å². The number of aromatic nitrogens is 2. The molecule has 24 heavy (non-hydrogen) atoms. The Balaban J connectivity index is 2.22. The molecule has 3 aromatic rings. The molecule has 0 aliphatic heterocycles. The van der Waals surface area contributed by atoms with Crippen LogP contribution in [0.15, 0.2) is 48.8 Å². The van der Waals surface area contributed by atoms with Gasteiger partial charge in [0.1, 0.15) is 17.6 Å². The lowest BCUT2D eigenvalue weighted by atomic mass is 10.1. The van der Waals surface area contributed by atoms with Crippen LogP contribution in [-0.2, 0) is 0 Å². The first-order valence-electron chi connectivity index (χ1n) is 6.85. The van der Waals surface area contributed by atoms with E-state index in [4.69, 9.17) is 17.3 Å². The summed E-state index contributed by atoms with van der Waals surface area (Å²) in [4.78, 5) is 16.8. The summed E-state index contributed by atoms with van der Waals surface area (Å²) in [6, 6.07) is 10.3. The summed E-state index contributed by atoms with van der Waals surface area (Å²) < 4.78 is 14.5. The van der Waals surface area contributed by atoms with Gasteiger partial charge in [-0.1, -0.05) is 11.6 Å². The highest BCUT2D eigenvalue weighted by atomic mass is 35.5. The van der Waals surface area contributed by atoms with Gasteiger partial charge in [-0.15, -0.1) is 0 Å². The zero-order valence-electron chi connectivity index (χ0n) is 12.2. The summed E-state index contributed by atoms with van der Waals surface area (Å²) in [5.41, 5.74) is 6.88. The zero-order valence-corrected chi connectivity index (χ0v) is 13.0. The van der Waals surface area contributed by atoms with E-state index in [1.807, 2.05) is 6.07 Å². The fourth-order valence-corrected chi connectivity index (χ4v) is 2.54. The lowest BCUT2D eigenvalue weighted by Gasteiger charge is -2.10. The van der Waals surface area contributed by atoms with E-state index in [1.165, 1.54) is 41.2 Å². The first kappa shape index (κ1) is 15.7. The van der Waals surface area contributed by atoms with Gasteiger partial charge in [0.05, 0.1) is 16.9 Å². The molecule has 0 fully saturated rings. The molecule has 5 nitrogen and oxygen atoms in total. The number of hydrogen-bond acceptors (Lipinski definition) is 4. The van der Waals surface area contributed by atoms with E-state index in [1.54, 1.807) is 12.1 Å². The molecule has 2 heterocycles. The third-order valence-electron chi connectivity index (χ3n) is 3.49. The number of anilines is 1. The first-order chi connectivity index (χ1) is 11.5. The number of rotatable bonds is 3. The molecule has 7 heteroatoms. The Morgan fingerprint density at radius 2 is 2.00 bits per heavy atom. The molecule has 0 atom stereocenters. The molecule has 0 amide bonds. The summed E-state index contributed by atoms with van der Waals surface area (Å²) in [6.07, 6.45) is 2.93. The molecule has 0 radical (unpaired) electrons. The minimum Gasteiger partial charge on any atom is -0.396 e. The molecular formula is C17H10ClFN4O. The van der Waals surface area contributed by atoms with Gasteiger partial charge >= 0.3 is 0 Å². The molecule has 0 bridgehead atoms. The van der Waals surface area contributed by atoms with Crippen molar-refractivity contribution in [3.8, 4) is 11.8 Å². The molecular weight excluding hydrogens is 331 g/mol. The fourth-order valence-electron chi connectivity index (χ4n) is 2.33. The summed E-state index contributed by atoms with van der Waals surface area (Å²) in [5.74, 6) is -0.906. The molecule has 0 saturated heterocycles. The molecule has 0 aliphatic rings. The quantitative estimate of drug-likeness (QED) is 0.585. The third kappa shape index (κ3) is 2.62. The minimum absolute atomic E-state index is 0.0340. The van der Waals surface area contributed by atoms with Crippen molar-refractivity contribution in [2.75, 3.05) is 5.73 Å². The Morgan fingerprint density at radius 1 is 1.29 bits per heavy atom. The van der Waals surface area contributed by atoms with Crippen LogP contribution in [0.25, 0.3) is 5.69 Å². The number of benzene rings is 1. The highest BCUT2D eigenvalue weighted by Crippen LogP contribution is 2.28. The Labute approximate surface area is 141 Å². The molecule has 118 valence electrons. The second kappa shape index (κ2) is 6.14. The van der Waals surface area contributed by atoms with E-state index in [0.717, 1.165) is 0 Å². The van der Waals surface area contributed by atoms with Crippen LogP contribution >= 0.6 is 11.6 Å². The van der Waals surface area contributed by atoms with Crippen molar-refractivity contribution in [2.24, 2.45) is 0 Å². The average molecular weight is 341 g/mol. The number of nitrogens with two attached hydrogens (primary N) is 1. The standard InChI is InChI=1S/C17H10ClFN4O/c18-17-13(2-1-7-22-17)23-9-11(8-20)14(21)15(23)16(24)10-3-5-12(19)6-4-10/h1-7,9H,21H2. The SMILES string of the molecule is N#Cc1cn(-c2cccnc2Cl)c(C(=O)c2ccc(F)cc2)c1N. The van der Waals surface area contributed by atoms with Gasteiger partial charge in [-0.3, -0.25) is 4.79 Å². The second-order valence-electron chi connectivity index (χ2n) is 4.94. The van der Waals surface area contributed by atoms with Crippen molar-refractivity contribution in [1.29, 1.82) is 5.26 Å². The molecule has 0 unspecified atom stereocenters. The number of nitriles is 1. The van der Waals surface area contributed by atoms with Crippen LogP contribution in [0.2, 0.25) is 5.15 Å². The third-order valence-corrected chi connectivity index (χ3v) is 3.78. The van der Waals surface area contributed by atoms with Crippen LogP contribution in [0.5, 0.6) is 0 Å². The molecule has 1 aromatic carbocycles. The van der Waals surface area contributed by atoms with Crippen LogP contribution in [-0.4, -0.2) is 15.3 Å². The normalized spacial score (nSPS) is 10.4. The van der Waals surface area contributed by atoms with E-state index in [9.17, 15) is 14.4 Å². The maximum absolute atomic E-state index is 13.1. The Morgan fingerprint density at radius 3 is 2.62 bits per heavy atom. The summed E-state index contributed by atoms with van der Waals surface area (Å²) >= 11 is 6.09. The largest absolute Gasteiger partial charge is 0.396 e. The van der Waals surface area contributed by atoms with Crippen molar-refractivity contribution < 1.29 is 9.18 Å². The number of carbonyl (C=O) groups is 1. The predicted octanol–water partition coefficient (Wildman–Crippen LogP) is 3.35. The molecule has 2 aromatic heterocycles. The van der Waals surface area contributed by atoms with Gasteiger partial charge in [-0.2, -0.15) is 5.26 Å². The Bertz CT molecular complexity index is 973. The van der Waals surface area contributed by atoms with Crippen molar-refractivity contribution in [3.63, 3.8) is 0 Å². The van der Waals surface area contributed by atoms with Crippen LogP contribution in [0.4, 0.5) is 10.1 Å². The van der Waals surface area contributed by atoms with Crippen LogP contribution in [0, 0.1) is 17.1 Å². The monoisotopic (exact) mass is 340 g/mol. The van der Waals surface area contributed by atoms with Gasteiger partial charge in [0.25, 0.3) is 0 Å². The van der Waals surface area contributed by atoms with Crippen LogP contribution < -0.4 is 5.73 Å². The molecule has 2 N–H and O–H groups in total. The molecule has 3 rings (SSSR count). The smallest absolute Gasteiger partial charge is 0.211 e. The lowest BCUT2D eigenvalue weighted by molar-refractivity contribution is 0.103. The number of pyridine rings is 1. The number of carbonyl (C=O) groups excluding carboxylic acids is 1. The van der Waals surface area contributed by atoms with Crippen molar-refractivity contribution in [2.45, 2.75) is 0 Å². The second-order valence-corrected chi connectivity index (χ2v) is 5.29. The summed E-state index contributed by atoms with van der Waals surface area (Å²) in [5, 5.41) is 9.37. The molecule has 0 saturated carbocycles. The van der Waals surface area contributed by atoms with E-state index >= 15 is 0 Å². The zero-order chi connectivity index (χ0) is 17.3. The van der Waals surface area contributed by atoms with E-state index in [0.29, 0.717) is 5.69 Å². The Hall–Kier alpha value is -3.17. The van der Waals surface area contributed by atoms with Gasteiger partial charge in [-0.25, -0.2) is 9.37 Å². The molecule has 0 spiro atoms. The first-order valence-corrected chi connectivity index (χ1v) is 7.22. The number of nitrogen functional groups attached to an aromatic ring is 1. The van der Waals surface area contributed by atoms with Gasteiger partial charge in [0.15, 0.2) is 5.15 Å². The summed E-state index contributed by atoms with van der Waals surface area (Å²) in [6.45, 7) is 0. The maximum atomic E-state index is 13.1. The van der Waals surface area contributed by atoms with E-state index in [2.05, 4.69) is 4.98 Å².